The summed E-state index contributed by atoms with van der Waals surface area (Å²) in [6.07, 6.45) is 2.10. The molecule has 0 saturated heterocycles. The van der Waals surface area contributed by atoms with E-state index in [0.29, 0.717) is 18.7 Å². The number of hydrogen-bond acceptors (Lipinski definition) is 3. The van der Waals surface area contributed by atoms with Gasteiger partial charge in [-0.05, 0) is 47.6 Å². The Kier molecular flexibility index (Phi) is 5.24. The first-order valence-corrected chi connectivity index (χ1v) is 9.46. The van der Waals surface area contributed by atoms with Gasteiger partial charge in [0.25, 0.3) is 0 Å². The minimum atomic E-state index is -4.43. The molecule has 0 fully saturated rings. The fraction of sp³-hybridized carbons (Fsp3) is 0.273. The Labute approximate surface area is 166 Å². The molecule has 2 aromatic heterocycles. The van der Waals surface area contributed by atoms with Gasteiger partial charge in [-0.15, -0.1) is 0 Å². The Morgan fingerprint density at radius 2 is 1.97 bits per heavy atom. The van der Waals surface area contributed by atoms with Crippen molar-refractivity contribution in [3.63, 3.8) is 0 Å². The lowest BCUT2D eigenvalue weighted by atomic mass is 10.0. The molecule has 0 N–H and O–H groups in total. The smallest absolute Gasteiger partial charge is 0.433 e. The van der Waals surface area contributed by atoms with E-state index in [1.54, 1.807) is 18.3 Å². The van der Waals surface area contributed by atoms with E-state index in [1.165, 1.54) is 12.3 Å². The summed E-state index contributed by atoms with van der Waals surface area (Å²) in [4.78, 5) is 6.05. The zero-order valence-corrected chi connectivity index (χ0v) is 15.7. The highest BCUT2D eigenvalue weighted by Crippen LogP contribution is 2.29. The molecule has 0 unspecified atom stereocenters. The number of alkyl halides is 3. The van der Waals surface area contributed by atoms with Gasteiger partial charge < -0.3 is 5.21 Å². The Morgan fingerprint density at radius 3 is 2.72 bits per heavy atom. The lowest BCUT2D eigenvalue weighted by molar-refractivity contribution is -0.603. The van der Waals surface area contributed by atoms with Crippen LogP contribution in [0.2, 0.25) is 0 Å². The van der Waals surface area contributed by atoms with Gasteiger partial charge in [0.1, 0.15) is 5.69 Å². The molecule has 150 valence electrons. The molecule has 0 spiro atoms. The molecule has 0 aliphatic carbocycles. The number of pyridine rings is 2. The Balaban J connectivity index is 1.39. The summed E-state index contributed by atoms with van der Waals surface area (Å²) in [5, 5.41) is 13.4. The van der Waals surface area contributed by atoms with E-state index in [0.717, 1.165) is 52.2 Å². The molecule has 1 aliphatic rings. The maximum atomic E-state index is 12.9. The van der Waals surface area contributed by atoms with Crippen molar-refractivity contribution in [1.29, 1.82) is 0 Å². The Bertz CT molecular complexity index is 1060. The van der Waals surface area contributed by atoms with Gasteiger partial charge in [0, 0.05) is 31.1 Å². The summed E-state index contributed by atoms with van der Waals surface area (Å²) in [6, 6.07) is 11.9. The fourth-order valence-corrected chi connectivity index (χ4v) is 3.58. The van der Waals surface area contributed by atoms with E-state index < -0.39 is 11.9 Å². The quantitative estimate of drug-likeness (QED) is 0.487. The first-order valence-electron chi connectivity index (χ1n) is 9.46. The molecule has 1 aliphatic heterocycles. The summed E-state index contributed by atoms with van der Waals surface area (Å²) >= 11 is 0. The maximum Gasteiger partial charge on any atom is 0.433 e. The second kappa shape index (κ2) is 7.83. The SMILES string of the molecule is [O-][n+]1ccc2ccc(CCN3CC=C(c4cccc(C(F)(F)F)n4)CC3)cc2c1. The van der Waals surface area contributed by atoms with Gasteiger partial charge >= 0.3 is 6.18 Å². The van der Waals surface area contributed by atoms with Crippen LogP contribution >= 0.6 is 0 Å². The fourth-order valence-electron chi connectivity index (χ4n) is 3.58. The minimum Gasteiger partial charge on any atom is -0.619 e. The predicted octanol–water partition coefficient (Wildman–Crippen LogP) is 4.22. The van der Waals surface area contributed by atoms with Crippen LogP contribution in [0.4, 0.5) is 13.2 Å². The van der Waals surface area contributed by atoms with Gasteiger partial charge in [0.15, 0.2) is 12.4 Å². The standard InChI is InChI=1S/C22H20F3N3O/c23-22(24,25)21-3-1-2-20(26-21)18-7-11-27(12-8-18)10-6-16-4-5-17-9-13-28(29)15-19(17)14-16/h1-5,7,9,13-15H,6,8,10-12H2. The third kappa shape index (κ3) is 4.56. The van der Waals surface area contributed by atoms with E-state index >= 15 is 0 Å². The molecule has 7 heteroatoms. The van der Waals surface area contributed by atoms with Crippen LogP contribution < -0.4 is 4.73 Å². The van der Waals surface area contributed by atoms with Gasteiger partial charge in [-0.25, -0.2) is 4.98 Å². The van der Waals surface area contributed by atoms with Gasteiger partial charge in [0.05, 0.1) is 5.69 Å². The Morgan fingerprint density at radius 1 is 1.10 bits per heavy atom. The normalized spacial score (nSPS) is 15.5. The molecule has 0 saturated carbocycles. The second-order valence-electron chi connectivity index (χ2n) is 7.20. The molecule has 0 radical (unpaired) electrons. The van der Waals surface area contributed by atoms with Crippen molar-refractivity contribution in [3.8, 4) is 0 Å². The molecule has 3 heterocycles. The van der Waals surface area contributed by atoms with Crippen molar-refractivity contribution in [3.05, 3.63) is 83.1 Å². The topological polar surface area (TPSA) is 43.1 Å². The summed E-state index contributed by atoms with van der Waals surface area (Å²) < 4.78 is 39.4. The van der Waals surface area contributed by atoms with E-state index in [2.05, 4.69) is 16.0 Å². The van der Waals surface area contributed by atoms with Crippen molar-refractivity contribution in [2.45, 2.75) is 19.0 Å². The number of nitrogens with zero attached hydrogens (tertiary/aromatic N) is 3. The van der Waals surface area contributed by atoms with Crippen LogP contribution in [0.5, 0.6) is 0 Å². The third-order valence-corrected chi connectivity index (χ3v) is 5.20. The third-order valence-electron chi connectivity index (χ3n) is 5.20. The summed E-state index contributed by atoms with van der Waals surface area (Å²) in [5.74, 6) is 0. The second-order valence-corrected chi connectivity index (χ2v) is 7.20. The van der Waals surface area contributed by atoms with Crippen LogP contribution in [0.25, 0.3) is 16.3 Å². The van der Waals surface area contributed by atoms with Gasteiger partial charge in [-0.3, -0.25) is 4.90 Å². The van der Waals surface area contributed by atoms with Gasteiger partial charge in [-0.2, -0.15) is 17.9 Å². The lowest BCUT2D eigenvalue weighted by Gasteiger charge is -2.26. The maximum absolute atomic E-state index is 12.9. The predicted molar refractivity (Wildman–Crippen MR) is 105 cm³/mol. The van der Waals surface area contributed by atoms with Crippen molar-refractivity contribution in [2.75, 3.05) is 19.6 Å². The molecular formula is C22H20F3N3O. The highest BCUT2D eigenvalue weighted by molar-refractivity contribution is 5.81. The molecule has 29 heavy (non-hydrogen) atoms. The minimum absolute atomic E-state index is 0.403. The van der Waals surface area contributed by atoms with E-state index in [9.17, 15) is 18.4 Å². The van der Waals surface area contributed by atoms with Crippen LogP contribution in [0.1, 0.15) is 23.4 Å². The van der Waals surface area contributed by atoms with E-state index in [-0.39, 0.29) is 0 Å². The van der Waals surface area contributed by atoms with E-state index in [1.807, 2.05) is 18.2 Å². The molecule has 0 bridgehead atoms. The first-order chi connectivity index (χ1) is 13.9. The molecule has 4 nitrogen and oxygen atoms in total. The van der Waals surface area contributed by atoms with Crippen molar-refractivity contribution in [2.24, 2.45) is 0 Å². The summed E-state index contributed by atoms with van der Waals surface area (Å²) in [6.45, 7) is 2.30. The monoisotopic (exact) mass is 399 g/mol. The molecule has 4 rings (SSSR count). The van der Waals surface area contributed by atoms with Crippen LogP contribution in [-0.2, 0) is 12.6 Å². The molecular weight excluding hydrogens is 379 g/mol. The molecule has 1 aromatic carbocycles. The van der Waals surface area contributed by atoms with Crippen LogP contribution in [-0.4, -0.2) is 29.5 Å². The number of halogens is 3. The molecule has 3 aromatic rings. The first kappa shape index (κ1) is 19.4. The van der Waals surface area contributed by atoms with Crippen molar-refractivity contribution in [1.82, 2.24) is 9.88 Å². The lowest BCUT2D eigenvalue weighted by Crippen LogP contribution is -2.30. The number of fused-ring (bicyclic) bond motifs is 1. The number of rotatable bonds is 4. The summed E-state index contributed by atoms with van der Waals surface area (Å²) in [7, 11) is 0. The van der Waals surface area contributed by atoms with Crippen LogP contribution in [0.15, 0.2) is 60.9 Å². The zero-order valence-electron chi connectivity index (χ0n) is 15.7. The van der Waals surface area contributed by atoms with E-state index in [4.69, 9.17) is 0 Å². The van der Waals surface area contributed by atoms with Crippen molar-refractivity contribution < 1.29 is 17.9 Å². The largest absolute Gasteiger partial charge is 0.619 e. The number of aromatic nitrogens is 2. The number of hydrogen-bond donors (Lipinski definition) is 0. The summed E-state index contributed by atoms with van der Waals surface area (Å²) in [5.41, 5.74) is 1.56. The van der Waals surface area contributed by atoms with Gasteiger partial charge in [-0.1, -0.05) is 24.3 Å². The van der Waals surface area contributed by atoms with Gasteiger partial charge in [0.2, 0.25) is 0 Å². The van der Waals surface area contributed by atoms with Crippen molar-refractivity contribution >= 4 is 16.3 Å². The molecule has 0 atom stereocenters. The zero-order chi connectivity index (χ0) is 20.4. The molecule has 0 amide bonds. The number of benzene rings is 1. The highest BCUT2D eigenvalue weighted by atomic mass is 19.4. The van der Waals surface area contributed by atoms with Crippen LogP contribution in [0, 0.1) is 5.21 Å². The Hall–Kier alpha value is -2.93. The average Bonchev–Trinajstić information content (AvgIpc) is 2.72. The van der Waals surface area contributed by atoms with Crippen LogP contribution in [0.3, 0.4) is 0 Å². The highest BCUT2D eigenvalue weighted by Gasteiger charge is 2.32. The average molecular weight is 399 g/mol.